The summed E-state index contributed by atoms with van der Waals surface area (Å²) in [5.41, 5.74) is 7.43. The molecule has 110 valence electrons. The van der Waals surface area contributed by atoms with Crippen molar-refractivity contribution in [2.75, 3.05) is 23.8 Å². The molecule has 20 heavy (non-hydrogen) atoms. The van der Waals surface area contributed by atoms with E-state index in [1.165, 1.54) is 0 Å². The van der Waals surface area contributed by atoms with Gasteiger partial charge in [-0.05, 0) is 36.5 Å². The van der Waals surface area contributed by atoms with Crippen LogP contribution in [0.2, 0.25) is 0 Å². The van der Waals surface area contributed by atoms with Gasteiger partial charge >= 0.3 is 0 Å². The first-order valence-electron chi connectivity index (χ1n) is 6.76. The molecular weight excluding hydrogens is 276 g/mol. The molecule has 0 saturated carbocycles. The Morgan fingerprint density at radius 3 is 2.60 bits per heavy atom. The monoisotopic (exact) mass is 296 g/mol. The minimum atomic E-state index is -2.90. The minimum Gasteiger partial charge on any atom is -0.399 e. The summed E-state index contributed by atoms with van der Waals surface area (Å²) < 4.78 is 22.6. The number of sulfone groups is 1. The molecule has 0 aromatic heterocycles. The largest absolute Gasteiger partial charge is 0.399 e. The predicted octanol–water partition coefficient (Wildman–Crippen LogP) is 0.752. The van der Waals surface area contributed by atoms with Crippen molar-refractivity contribution in [3.63, 3.8) is 0 Å². The van der Waals surface area contributed by atoms with Crippen molar-refractivity contribution in [1.29, 1.82) is 0 Å². The van der Waals surface area contributed by atoms with Crippen LogP contribution in [-0.4, -0.2) is 32.4 Å². The van der Waals surface area contributed by atoms with Crippen molar-refractivity contribution in [3.8, 4) is 0 Å². The molecule has 0 aliphatic carbocycles. The Morgan fingerprint density at radius 1 is 1.30 bits per heavy atom. The number of hydrogen-bond donors (Lipinski definition) is 2. The van der Waals surface area contributed by atoms with E-state index in [1.54, 1.807) is 0 Å². The van der Waals surface area contributed by atoms with Gasteiger partial charge in [0, 0.05) is 18.7 Å². The van der Waals surface area contributed by atoms with Gasteiger partial charge in [-0.1, -0.05) is 12.1 Å². The second-order valence-corrected chi connectivity index (χ2v) is 7.54. The summed E-state index contributed by atoms with van der Waals surface area (Å²) >= 11 is 0. The lowest BCUT2D eigenvalue weighted by atomic mass is 10.0. The zero-order chi connectivity index (χ0) is 14.6. The number of nitrogens with two attached hydrogens (primary N) is 1. The molecule has 1 atom stereocenters. The third-order valence-electron chi connectivity index (χ3n) is 3.52. The first-order valence-corrected chi connectivity index (χ1v) is 8.58. The maximum atomic E-state index is 11.7. The van der Waals surface area contributed by atoms with Crippen molar-refractivity contribution in [2.24, 2.45) is 5.92 Å². The van der Waals surface area contributed by atoms with Crippen molar-refractivity contribution in [1.82, 2.24) is 5.32 Å². The number of amides is 1. The van der Waals surface area contributed by atoms with Crippen LogP contribution in [0.25, 0.3) is 0 Å². The maximum Gasteiger partial charge on any atom is 0.220 e. The summed E-state index contributed by atoms with van der Waals surface area (Å²) in [4.78, 5) is 11.7. The van der Waals surface area contributed by atoms with E-state index in [0.717, 1.165) is 17.7 Å². The lowest BCUT2D eigenvalue weighted by Crippen LogP contribution is -2.27. The van der Waals surface area contributed by atoms with Crippen molar-refractivity contribution in [3.05, 3.63) is 29.8 Å². The summed E-state index contributed by atoms with van der Waals surface area (Å²) in [5, 5.41) is 2.83. The molecule has 5 nitrogen and oxygen atoms in total. The van der Waals surface area contributed by atoms with Crippen LogP contribution in [0.3, 0.4) is 0 Å². The first-order chi connectivity index (χ1) is 9.44. The second kappa shape index (κ2) is 6.26. The fraction of sp³-hybridized carbons (Fsp3) is 0.500. The predicted molar refractivity (Wildman–Crippen MR) is 78.9 cm³/mol. The molecule has 0 spiro atoms. The van der Waals surface area contributed by atoms with E-state index >= 15 is 0 Å². The van der Waals surface area contributed by atoms with Gasteiger partial charge in [-0.3, -0.25) is 4.79 Å². The molecule has 1 unspecified atom stereocenters. The average molecular weight is 296 g/mol. The van der Waals surface area contributed by atoms with Gasteiger partial charge in [0.25, 0.3) is 0 Å². The van der Waals surface area contributed by atoms with E-state index in [1.807, 2.05) is 24.3 Å². The van der Waals surface area contributed by atoms with Gasteiger partial charge in [-0.25, -0.2) is 8.42 Å². The highest BCUT2D eigenvalue weighted by atomic mass is 32.2. The lowest BCUT2D eigenvalue weighted by molar-refractivity contribution is -0.121. The Balaban J connectivity index is 1.69. The molecule has 3 N–H and O–H groups in total. The van der Waals surface area contributed by atoms with Gasteiger partial charge in [0.2, 0.25) is 5.91 Å². The third-order valence-corrected chi connectivity index (χ3v) is 5.35. The van der Waals surface area contributed by atoms with Crippen LogP contribution < -0.4 is 11.1 Å². The smallest absolute Gasteiger partial charge is 0.220 e. The highest BCUT2D eigenvalue weighted by molar-refractivity contribution is 7.91. The molecule has 6 heteroatoms. The first kappa shape index (κ1) is 14.8. The van der Waals surface area contributed by atoms with E-state index in [2.05, 4.69) is 5.32 Å². The fourth-order valence-electron chi connectivity index (χ4n) is 2.40. The van der Waals surface area contributed by atoms with E-state index in [0.29, 0.717) is 19.4 Å². The number of hydrogen-bond acceptors (Lipinski definition) is 4. The minimum absolute atomic E-state index is 0.0171. The van der Waals surface area contributed by atoms with Crippen LogP contribution >= 0.6 is 0 Å². The highest BCUT2D eigenvalue weighted by Gasteiger charge is 2.29. The maximum absolute atomic E-state index is 11.7. The Morgan fingerprint density at radius 2 is 2.00 bits per heavy atom. The van der Waals surface area contributed by atoms with Crippen molar-refractivity contribution < 1.29 is 13.2 Å². The van der Waals surface area contributed by atoms with E-state index in [4.69, 9.17) is 5.73 Å². The van der Waals surface area contributed by atoms with Crippen LogP contribution in [-0.2, 0) is 21.1 Å². The lowest BCUT2D eigenvalue weighted by Gasteiger charge is -2.09. The standard InChI is InChI=1S/C14H20N2O3S/c15-13-3-1-11(2-4-13)5-7-16-14(17)9-12-6-8-20(18,19)10-12/h1-4,12H,5-10,15H2,(H,16,17). The summed E-state index contributed by atoms with van der Waals surface area (Å²) in [7, 11) is -2.90. The van der Waals surface area contributed by atoms with Gasteiger partial charge in [0.1, 0.15) is 0 Å². The Bertz CT molecular complexity index is 567. The molecule has 1 amide bonds. The number of carbonyl (C=O) groups is 1. The zero-order valence-corrected chi connectivity index (χ0v) is 12.2. The van der Waals surface area contributed by atoms with Crippen molar-refractivity contribution >= 4 is 21.4 Å². The number of benzene rings is 1. The molecule has 2 rings (SSSR count). The number of nitrogen functional groups attached to an aromatic ring is 1. The summed E-state index contributed by atoms with van der Waals surface area (Å²) in [6.07, 6.45) is 1.66. The van der Waals surface area contributed by atoms with E-state index in [-0.39, 0.29) is 23.3 Å². The van der Waals surface area contributed by atoms with Crippen LogP contribution in [0.5, 0.6) is 0 Å². The molecule has 1 aromatic rings. The van der Waals surface area contributed by atoms with E-state index < -0.39 is 9.84 Å². The van der Waals surface area contributed by atoms with Crippen LogP contribution in [0.15, 0.2) is 24.3 Å². The molecule has 0 radical (unpaired) electrons. The Labute approximate surface area is 119 Å². The van der Waals surface area contributed by atoms with Gasteiger partial charge in [0.15, 0.2) is 9.84 Å². The highest BCUT2D eigenvalue weighted by Crippen LogP contribution is 2.21. The van der Waals surface area contributed by atoms with Gasteiger partial charge < -0.3 is 11.1 Å². The fourth-order valence-corrected chi connectivity index (χ4v) is 4.26. The van der Waals surface area contributed by atoms with Crippen LogP contribution in [0, 0.1) is 5.92 Å². The average Bonchev–Trinajstić information content (AvgIpc) is 2.71. The second-order valence-electron chi connectivity index (χ2n) is 5.31. The SMILES string of the molecule is Nc1ccc(CCNC(=O)CC2CCS(=O)(=O)C2)cc1. The quantitative estimate of drug-likeness (QED) is 0.785. The molecular formula is C14H20N2O3S. The normalized spacial score (nSPS) is 20.7. The van der Waals surface area contributed by atoms with E-state index in [9.17, 15) is 13.2 Å². The summed E-state index contributed by atoms with van der Waals surface area (Å²) in [5.74, 6) is 0.286. The molecule has 1 fully saturated rings. The molecule has 1 aliphatic heterocycles. The summed E-state index contributed by atoms with van der Waals surface area (Å²) in [6, 6.07) is 7.54. The van der Waals surface area contributed by atoms with Crippen molar-refractivity contribution in [2.45, 2.75) is 19.3 Å². The Kier molecular flexibility index (Phi) is 4.65. The number of rotatable bonds is 5. The number of anilines is 1. The van der Waals surface area contributed by atoms with Crippen LogP contribution in [0.4, 0.5) is 5.69 Å². The molecule has 1 aromatic carbocycles. The van der Waals surface area contributed by atoms with Gasteiger partial charge in [0.05, 0.1) is 11.5 Å². The zero-order valence-electron chi connectivity index (χ0n) is 11.3. The number of carbonyl (C=O) groups excluding carboxylic acids is 1. The molecule has 1 heterocycles. The van der Waals surface area contributed by atoms with Gasteiger partial charge in [-0.15, -0.1) is 0 Å². The third kappa shape index (κ3) is 4.52. The molecule has 0 bridgehead atoms. The summed E-state index contributed by atoms with van der Waals surface area (Å²) in [6.45, 7) is 0.558. The Hall–Kier alpha value is -1.56. The topological polar surface area (TPSA) is 89.3 Å². The number of nitrogens with one attached hydrogen (secondary N) is 1. The van der Waals surface area contributed by atoms with Gasteiger partial charge in [-0.2, -0.15) is 0 Å². The molecule has 1 saturated heterocycles. The molecule has 1 aliphatic rings. The van der Waals surface area contributed by atoms with Crippen LogP contribution in [0.1, 0.15) is 18.4 Å².